The molecule has 0 atom stereocenters. The Balaban J connectivity index is 1.38. The highest BCUT2D eigenvalue weighted by Gasteiger charge is 2.33. The van der Waals surface area contributed by atoms with Gasteiger partial charge in [0, 0.05) is 44.7 Å². The highest BCUT2D eigenvalue weighted by molar-refractivity contribution is 7.20. The van der Waals surface area contributed by atoms with Crippen LogP contribution >= 0.6 is 11.3 Å². The second-order valence-corrected chi connectivity index (χ2v) is 9.18. The lowest BCUT2D eigenvalue weighted by atomic mass is 10.1. The highest BCUT2D eigenvalue weighted by atomic mass is 32.1. The molecule has 1 aliphatic heterocycles. The Morgan fingerprint density at radius 2 is 1.72 bits per heavy atom. The first-order valence-corrected chi connectivity index (χ1v) is 11.3. The van der Waals surface area contributed by atoms with E-state index < -0.39 is 11.9 Å². The third-order valence-electron chi connectivity index (χ3n) is 5.78. The normalized spacial score (nSPS) is 15.9. The Hall–Kier alpha value is -2.49. The zero-order chi connectivity index (χ0) is 22.9. The predicted octanol–water partition coefficient (Wildman–Crippen LogP) is 4.30. The Morgan fingerprint density at radius 1 is 1.06 bits per heavy atom. The van der Waals surface area contributed by atoms with E-state index in [4.69, 9.17) is 0 Å². The van der Waals surface area contributed by atoms with Gasteiger partial charge in [-0.05, 0) is 42.8 Å². The molecule has 1 fully saturated rings. The second kappa shape index (κ2) is 9.17. The Kier molecular flexibility index (Phi) is 6.50. The van der Waals surface area contributed by atoms with E-state index >= 15 is 0 Å². The summed E-state index contributed by atoms with van der Waals surface area (Å²) in [5, 5.41) is 3.44. The molecule has 3 heterocycles. The Bertz CT molecular complexity index is 1100. The van der Waals surface area contributed by atoms with Crippen LogP contribution in [0.4, 0.5) is 13.2 Å². The molecule has 4 rings (SSSR count). The first-order valence-electron chi connectivity index (χ1n) is 10.4. The number of carbonyl (C=O) groups is 1. The van der Waals surface area contributed by atoms with Crippen molar-refractivity contribution in [3.63, 3.8) is 0 Å². The summed E-state index contributed by atoms with van der Waals surface area (Å²) in [7, 11) is 2.14. The number of fused-ring (bicyclic) bond motifs is 1. The van der Waals surface area contributed by atoms with Crippen LogP contribution in [-0.4, -0.2) is 53.9 Å². The van der Waals surface area contributed by atoms with E-state index in [2.05, 4.69) is 39.3 Å². The summed E-state index contributed by atoms with van der Waals surface area (Å²) >= 11 is 0.987. The minimum atomic E-state index is -4.51. The van der Waals surface area contributed by atoms with Gasteiger partial charge in [0.1, 0.15) is 10.5 Å². The number of carbonyl (C=O) groups excluding carboxylic acids is 1. The molecule has 1 aliphatic rings. The van der Waals surface area contributed by atoms with Crippen LogP contribution in [0.15, 0.2) is 36.4 Å². The van der Waals surface area contributed by atoms with Crippen LogP contribution in [0.2, 0.25) is 0 Å². The summed E-state index contributed by atoms with van der Waals surface area (Å²) in [5.41, 5.74) is 1.90. The molecule has 0 unspecified atom stereocenters. The van der Waals surface area contributed by atoms with Gasteiger partial charge in [-0.1, -0.05) is 24.3 Å². The number of hydrogen-bond acceptors (Lipinski definition) is 5. The monoisotopic (exact) mass is 462 g/mol. The van der Waals surface area contributed by atoms with E-state index in [0.29, 0.717) is 22.4 Å². The van der Waals surface area contributed by atoms with Gasteiger partial charge >= 0.3 is 6.18 Å². The molecule has 0 bridgehead atoms. The van der Waals surface area contributed by atoms with Gasteiger partial charge in [-0.3, -0.25) is 9.69 Å². The molecule has 1 N–H and O–H groups in total. The maximum absolute atomic E-state index is 12.9. The summed E-state index contributed by atoms with van der Waals surface area (Å²) in [4.78, 5) is 21.7. The summed E-state index contributed by atoms with van der Waals surface area (Å²) in [5.74, 6) is -0.305. The molecule has 1 aromatic carbocycles. The number of aryl methyl sites for hydroxylation is 1. The molecular formula is C23H25F3N4OS. The number of likely N-dealkylation sites (N-methyl/N-ethyl adjacent to an activating group) is 1. The lowest BCUT2D eigenvalue weighted by Crippen LogP contribution is -2.43. The summed E-state index contributed by atoms with van der Waals surface area (Å²) in [6, 6.07) is 10.5. The average molecular weight is 463 g/mol. The average Bonchev–Trinajstić information content (AvgIpc) is 3.10. The fraction of sp³-hybridized carbons (Fsp3) is 0.391. The van der Waals surface area contributed by atoms with E-state index in [1.807, 2.05) is 12.1 Å². The van der Waals surface area contributed by atoms with Crippen molar-refractivity contribution < 1.29 is 18.0 Å². The SMILES string of the molecule is Cc1c(C(=O)NCc2ccc(CN3CCN(C)CC3)cc2)sc2nc(C(F)(F)F)ccc12. The molecule has 9 heteroatoms. The molecule has 1 amide bonds. The van der Waals surface area contributed by atoms with Crippen molar-refractivity contribution in [1.29, 1.82) is 0 Å². The van der Waals surface area contributed by atoms with Crippen molar-refractivity contribution in [2.24, 2.45) is 0 Å². The molecule has 5 nitrogen and oxygen atoms in total. The third-order valence-corrected chi connectivity index (χ3v) is 6.98. The first-order chi connectivity index (χ1) is 15.2. The number of hydrogen-bond donors (Lipinski definition) is 1. The molecule has 0 saturated carbocycles. The molecule has 0 spiro atoms. The number of thiophene rings is 1. The van der Waals surface area contributed by atoms with Crippen LogP contribution in [0, 0.1) is 6.92 Å². The Morgan fingerprint density at radius 3 is 2.38 bits per heavy atom. The molecular weight excluding hydrogens is 437 g/mol. The Labute approximate surface area is 188 Å². The van der Waals surface area contributed by atoms with Crippen LogP contribution < -0.4 is 5.32 Å². The number of aromatic nitrogens is 1. The van der Waals surface area contributed by atoms with Crippen molar-refractivity contribution in [3.05, 3.63) is 63.7 Å². The van der Waals surface area contributed by atoms with Crippen LogP contribution in [0.5, 0.6) is 0 Å². The molecule has 170 valence electrons. The molecule has 0 radical (unpaired) electrons. The molecule has 0 aliphatic carbocycles. The smallest absolute Gasteiger partial charge is 0.347 e. The predicted molar refractivity (Wildman–Crippen MR) is 120 cm³/mol. The maximum Gasteiger partial charge on any atom is 0.433 e. The minimum absolute atomic E-state index is 0.218. The van der Waals surface area contributed by atoms with Crippen molar-refractivity contribution in [1.82, 2.24) is 20.1 Å². The van der Waals surface area contributed by atoms with Crippen LogP contribution in [-0.2, 0) is 19.3 Å². The van der Waals surface area contributed by atoms with Gasteiger partial charge < -0.3 is 10.2 Å². The number of nitrogens with one attached hydrogen (secondary N) is 1. The topological polar surface area (TPSA) is 48.5 Å². The standard InChI is InChI=1S/C23H25F3N4OS/c1-15-18-7-8-19(23(24,25)26)28-22(18)32-20(15)21(31)27-13-16-3-5-17(6-4-16)14-30-11-9-29(2)10-12-30/h3-8H,9-14H2,1-2H3,(H,27,31). The molecule has 1 saturated heterocycles. The van der Waals surface area contributed by atoms with Gasteiger partial charge in [-0.15, -0.1) is 11.3 Å². The lowest BCUT2D eigenvalue weighted by Gasteiger charge is -2.32. The zero-order valence-corrected chi connectivity index (χ0v) is 18.8. The number of alkyl halides is 3. The number of nitrogens with zero attached hydrogens (tertiary/aromatic N) is 3. The number of piperazine rings is 1. The number of benzene rings is 1. The quantitative estimate of drug-likeness (QED) is 0.614. The fourth-order valence-corrected chi connectivity index (χ4v) is 4.86. The van der Waals surface area contributed by atoms with Crippen molar-refractivity contribution >= 4 is 27.5 Å². The fourth-order valence-electron chi connectivity index (χ4n) is 3.76. The highest BCUT2D eigenvalue weighted by Crippen LogP contribution is 2.34. The van der Waals surface area contributed by atoms with Gasteiger partial charge in [0.15, 0.2) is 0 Å². The summed E-state index contributed by atoms with van der Waals surface area (Å²) in [6.45, 7) is 7.26. The molecule has 3 aromatic rings. The number of amides is 1. The third kappa shape index (κ3) is 5.11. The van der Waals surface area contributed by atoms with E-state index in [-0.39, 0.29) is 10.7 Å². The van der Waals surface area contributed by atoms with Gasteiger partial charge in [0.25, 0.3) is 5.91 Å². The van der Waals surface area contributed by atoms with E-state index in [1.54, 1.807) is 6.92 Å². The van der Waals surface area contributed by atoms with Gasteiger partial charge in [0.05, 0.1) is 4.88 Å². The van der Waals surface area contributed by atoms with Crippen molar-refractivity contribution in [3.8, 4) is 0 Å². The first kappa shape index (κ1) is 22.7. The molecule has 32 heavy (non-hydrogen) atoms. The largest absolute Gasteiger partial charge is 0.433 e. The minimum Gasteiger partial charge on any atom is -0.347 e. The van der Waals surface area contributed by atoms with Crippen LogP contribution in [0.1, 0.15) is 32.1 Å². The summed E-state index contributed by atoms with van der Waals surface area (Å²) < 4.78 is 38.8. The van der Waals surface area contributed by atoms with Gasteiger partial charge in [0.2, 0.25) is 0 Å². The summed E-state index contributed by atoms with van der Waals surface area (Å²) in [6.07, 6.45) is -4.51. The zero-order valence-electron chi connectivity index (χ0n) is 18.0. The van der Waals surface area contributed by atoms with E-state index in [9.17, 15) is 18.0 Å². The van der Waals surface area contributed by atoms with E-state index in [0.717, 1.165) is 55.7 Å². The van der Waals surface area contributed by atoms with Crippen molar-refractivity contribution in [2.45, 2.75) is 26.2 Å². The van der Waals surface area contributed by atoms with Gasteiger partial charge in [-0.2, -0.15) is 13.2 Å². The maximum atomic E-state index is 12.9. The number of halogens is 3. The number of pyridine rings is 1. The van der Waals surface area contributed by atoms with Crippen molar-refractivity contribution in [2.75, 3.05) is 33.2 Å². The molecule has 2 aromatic heterocycles. The van der Waals surface area contributed by atoms with Crippen LogP contribution in [0.25, 0.3) is 10.2 Å². The van der Waals surface area contributed by atoms with Crippen LogP contribution in [0.3, 0.4) is 0 Å². The second-order valence-electron chi connectivity index (χ2n) is 8.18. The number of rotatable bonds is 5. The lowest BCUT2D eigenvalue weighted by molar-refractivity contribution is -0.140. The van der Waals surface area contributed by atoms with Gasteiger partial charge in [-0.25, -0.2) is 4.98 Å². The van der Waals surface area contributed by atoms with E-state index in [1.165, 1.54) is 11.6 Å².